The summed E-state index contributed by atoms with van der Waals surface area (Å²) in [6, 6.07) is 7.13. The van der Waals surface area contributed by atoms with Gasteiger partial charge in [-0.1, -0.05) is 25.5 Å². The van der Waals surface area contributed by atoms with E-state index >= 15 is 0 Å². The summed E-state index contributed by atoms with van der Waals surface area (Å²) in [5, 5.41) is 0.225. The molecule has 106 valence electrons. The van der Waals surface area contributed by atoms with Crippen molar-refractivity contribution in [3.63, 3.8) is 0 Å². The molecule has 2 rings (SSSR count). The Morgan fingerprint density at radius 2 is 1.89 bits per heavy atom. The third kappa shape index (κ3) is 3.94. The first-order valence-electron chi connectivity index (χ1n) is 6.74. The third-order valence-corrected chi connectivity index (χ3v) is 5.31. The molecule has 0 atom stereocenters. The Morgan fingerprint density at radius 1 is 1.26 bits per heavy atom. The minimum Gasteiger partial charge on any atom is -0.211 e. The van der Waals surface area contributed by atoms with Crippen LogP contribution in [0.3, 0.4) is 0 Å². The lowest BCUT2D eigenvalue weighted by molar-refractivity contribution is 0.324. The van der Waals surface area contributed by atoms with E-state index in [1.807, 2.05) is 12.1 Å². The minimum absolute atomic E-state index is 0.225. The fourth-order valence-electron chi connectivity index (χ4n) is 2.26. The van der Waals surface area contributed by atoms with Crippen LogP contribution in [-0.2, 0) is 16.4 Å². The van der Waals surface area contributed by atoms with Gasteiger partial charge in [-0.25, -0.2) is 13.1 Å². The molecule has 0 amide bonds. The number of sulfonamides is 1. The van der Waals surface area contributed by atoms with Crippen molar-refractivity contribution in [2.45, 2.75) is 42.9 Å². The van der Waals surface area contributed by atoms with E-state index in [1.54, 1.807) is 12.1 Å². The first-order valence-corrected chi connectivity index (χ1v) is 8.66. The molecule has 0 saturated heterocycles. The SMILES string of the molecule is CCCc1ccc(S(=O)(=O)NCC2CC(Cl)C2)cc1. The Labute approximate surface area is 120 Å². The van der Waals surface area contributed by atoms with E-state index in [2.05, 4.69) is 11.6 Å². The number of aryl methyl sites for hydroxylation is 1. The zero-order valence-electron chi connectivity index (χ0n) is 11.1. The fourth-order valence-corrected chi connectivity index (χ4v) is 3.88. The average molecular weight is 302 g/mol. The first-order chi connectivity index (χ1) is 9.01. The highest BCUT2D eigenvalue weighted by molar-refractivity contribution is 7.89. The van der Waals surface area contributed by atoms with Crippen LogP contribution in [0.15, 0.2) is 29.2 Å². The van der Waals surface area contributed by atoms with Gasteiger partial charge in [0.05, 0.1) is 4.90 Å². The molecule has 0 bridgehead atoms. The van der Waals surface area contributed by atoms with Gasteiger partial charge in [-0.2, -0.15) is 0 Å². The van der Waals surface area contributed by atoms with Crippen molar-refractivity contribution >= 4 is 21.6 Å². The topological polar surface area (TPSA) is 46.2 Å². The van der Waals surface area contributed by atoms with Crippen LogP contribution in [0.5, 0.6) is 0 Å². The molecule has 1 N–H and O–H groups in total. The molecule has 0 aliphatic heterocycles. The molecule has 0 spiro atoms. The molecular formula is C14H20ClNO2S. The van der Waals surface area contributed by atoms with Crippen molar-refractivity contribution in [2.75, 3.05) is 6.54 Å². The monoisotopic (exact) mass is 301 g/mol. The van der Waals surface area contributed by atoms with Crippen LogP contribution in [0.1, 0.15) is 31.7 Å². The van der Waals surface area contributed by atoms with Gasteiger partial charge in [-0.3, -0.25) is 0 Å². The molecule has 1 aromatic rings. The Hall–Kier alpha value is -0.580. The number of rotatable bonds is 6. The predicted octanol–water partition coefficient (Wildman–Crippen LogP) is 2.93. The number of benzene rings is 1. The molecule has 0 unspecified atom stereocenters. The summed E-state index contributed by atoms with van der Waals surface area (Å²) in [4.78, 5) is 0.342. The van der Waals surface area contributed by atoms with E-state index in [0.717, 1.165) is 25.7 Å². The smallest absolute Gasteiger partial charge is 0.211 e. The molecule has 0 heterocycles. The number of alkyl halides is 1. The molecule has 0 radical (unpaired) electrons. The van der Waals surface area contributed by atoms with Crippen LogP contribution in [0, 0.1) is 5.92 Å². The lowest BCUT2D eigenvalue weighted by atomic mass is 9.85. The van der Waals surface area contributed by atoms with E-state index in [0.29, 0.717) is 17.4 Å². The van der Waals surface area contributed by atoms with Gasteiger partial charge in [0, 0.05) is 11.9 Å². The zero-order chi connectivity index (χ0) is 13.9. The molecule has 1 saturated carbocycles. The van der Waals surface area contributed by atoms with Gasteiger partial charge in [0.25, 0.3) is 0 Å². The number of hydrogen-bond donors (Lipinski definition) is 1. The van der Waals surface area contributed by atoms with E-state index in [1.165, 1.54) is 5.56 Å². The zero-order valence-corrected chi connectivity index (χ0v) is 12.7. The van der Waals surface area contributed by atoms with Gasteiger partial charge in [0.15, 0.2) is 0 Å². The molecule has 3 nitrogen and oxygen atoms in total. The van der Waals surface area contributed by atoms with Crippen LogP contribution in [0.4, 0.5) is 0 Å². The van der Waals surface area contributed by atoms with Gasteiger partial charge in [0.2, 0.25) is 10.0 Å². The van der Waals surface area contributed by atoms with Crippen LogP contribution < -0.4 is 4.72 Å². The highest BCUT2D eigenvalue weighted by Gasteiger charge is 2.28. The lowest BCUT2D eigenvalue weighted by Gasteiger charge is -2.30. The predicted molar refractivity (Wildman–Crippen MR) is 78.0 cm³/mol. The molecule has 1 aromatic carbocycles. The number of halogens is 1. The van der Waals surface area contributed by atoms with E-state index in [9.17, 15) is 8.42 Å². The maximum atomic E-state index is 12.1. The molecule has 5 heteroatoms. The molecule has 1 aliphatic carbocycles. The van der Waals surface area contributed by atoms with Crippen molar-refractivity contribution in [1.82, 2.24) is 4.72 Å². The molecule has 1 fully saturated rings. The average Bonchev–Trinajstić information content (AvgIpc) is 2.34. The summed E-state index contributed by atoms with van der Waals surface area (Å²) in [5.41, 5.74) is 1.17. The summed E-state index contributed by atoms with van der Waals surface area (Å²) >= 11 is 5.88. The Bertz CT molecular complexity index is 507. The minimum atomic E-state index is -3.37. The molecule has 0 aromatic heterocycles. The van der Waals surface area contributed by atoms with Crippen molar-refractivity contribution in [1.29, 1.82) is 0 Å². The second-order valence-electron chi connectivity index (χ2n) is 5.18. The number of nitrogens with one attached hydrogen (secondary N) is 1. The Kier molecular flexibility index (Phi) is 4.87. The summed E-state index contributed by atoms with van der Waals surface area (Å²) in [5.74, 6) is 0.386. The standard InChI is InChI=1S/C14H20ClNO2S/c1-2-3-11-4-6-14(7-5-11)19(17,18)16-10-12-8-13(15)9-12/h4-7,12-13,16H,2-3,8-10H2,1H3. The van der Waals surface area contributed by atoms with Gasteiger partial charge < -0.3 is 0 Å². The molecule has 1 aliphatic rings. The van der Waals surface area contributed by atoms with Crippen LogP contribution >= 0.6 is 11.6 Å². The van der Waals surface area contributed by atoms with Crippen molar-refractivity contribution in [3.05, 3.63) is 29.8 Å². The third-order valence-electron chi connectivity index (χ3n) is 3.51. The second kappa shape index (κ2) is 6.25. The van der Waals surface area contributed by atoms with Gasteiger partial charge >= 0.3 is 0 Å². The van der Waals surface area contributed by atoms with E-state index in [-0.39, 0.29) is 5.38 Å². The van der Waals surface area contributed by atoms with Crippen LogP contribution in [-0.4, -0.2) is 20.3 Å². The van der Waals surface area contributed by atoms with Crippen molar-refractivity contribution < 1.29 is 8.42 Å². The summed E-state index contributed by atoms with van der Waals surface area (Å²) in [6.45, 7) is 2.59. The summed E-state index contributed by atoms with van der Waals surface area (Å²) in [7, 11) is -3.37. The van der Waals surface area contributed by atoms with Crippen molar-refractivity contribution in [3.8, 4) is 0 Å². The Balaban J connectivity index is 1.94. The second-order valence-corrected chi connectivity index (χ2v) is 7.56. The summed E-state index contributed by atoms with van der Waals surface area (Å²) in [6.07, 6.45) is 3.84. The van der Waals surface area contributed by atoms with E-state index < -0.39 is 10.0 Å². The first kappa shape index (κ1) is 14.8. The van der Waals surface area contributed by atoms with Crippen LogP contribution in [0.2, 0.25) is 0 Å². The van der Waals surface area contributed by atoms with Gasteiger partial charge in [-0.15, -0.1) is 11.6 Å². The number of hydrogen-bond acceptors (Lipinski definition) is 2. The van der Waals surface area contributed by atoms with Crippen molar-refractivity contribution in [2.24, 2.45) is 5.92 Å². The lowest BCUT2D eigenvalue weighted by Crippen LogP contribution is -2.36. The highest BCUT2D eigenvalue weighted by Crippen LogP contribution is 2.31. The van der Waals surface area contributed by atoms with Gasteiger partial charge in [-0.05, 0) is 42.9 Å². The Morgan fingerprint density at radius 3 is 2.42 bits per heavy atom. The molecule has 19 heavy (non-hydrogen) atoms. The maximum absolute atomic E-state index is 12.1. The van der Waals surface area contributed by atoms with Gasteiger partial charge in [0.1, 0.15) is 0 Å². The van der Waals surface area contributed by atoms with Crippen LogP contribution in [0.25, 0.3) is 0 Å². The van der Waals surface area contributed by atoms with E-state index in [4.69, 9.17) is 11.6 Å². The normalized spacial score (nSPS) is 23.1. The maximum Gasteiger partial charge on any atom is 0.240 e. The summed E-state index contributed by atoms with van der Waals surface area (Å²) < 4.78 is 26.8. The largest absolute Gasteiger partial charge is 0.240 e. The fraction of sp³-hybridized carbons (Fsp3) is 0.571. The molecular weight excluding hydrogens is 282 g/mol. The quantitative estimate of drug-likeness (QED) is 0.821. The highest BCUT2D eigenvalue weighted by atomic mass is 35.5.